The number of phenolic OH excluding ortho intramolecular Hbond substituents is 1. The number of benzene rings is 1. The first-order valence-corrected chi connectivity index (χ1v) is 5.72. The lowest BCUT2D eigenvalue weighted by atomic mass is 10.2. The van der Waals surface area contributed by atoms with E-state index >= 15 is 0 Å². The highest BCUT2D eigenvalue weighted by molar-refractivity contribution is 7.12. The Morgan fingerprint density at radius 1 is 1.35 bits per heavy atom. The van der Waals surface area contributed by atoms with Crippen molar-refractivity contribution in [2.75, 3.05) is 0 Å². The molecule has 0 saturated carbocycles. The molecule has 1 aromatic heterocycles. The molecule has 0 atom stereocenters. The second-order valence-electron chi connectivity index (χ2n) is 3.45. The van der Waals surface area contributed by atoms with Crippen LogP contribution in [0.1, 0.15) is 10.4 Å². The van der Waals surface area contributed by atoms with Crippen LogP contribution in [0, 0.1) is 6.92 Å². The number of thiophene rings is 1. The molecule has 0 bridgehead atoms. The number of nitrogens with two attached hydrogens (primary N) is 1. The number of amidine groups is 1. The summed E-state index contributed by atoms with van der Waals surface area (Å²) in [7, 11) is 0. The molecule has 0 fully saturated rings. The molecule has 0 aliphatic carbocycles. The van der Waals surface area contributed by atoms with Gasteiger partial charge in [0.15, 0.2) is 0 Å². The van der Waals surface area contributed by atoms with Gasteiger partial charge in [0, 0.05) is 6.07 Å². The van der Waals surface area contributed by atoms with Gasteiger partial charge >= 0.3 is 0 Å². The van der Waals surface area contributed by atoms with Crippen molar-refractivity contribution in [1.29, 1.82) is 0 Å². The van der Waals surface area contributed by atoms with Crippen LogP contribution in [0.4, 0.5) is 5.69 Å². The fraction of sp³-hybridized carbons (Fsp3) is 0.0833. The minimum Gasteiger partial charge on any atom is -0.508 e. The number of phenols is 1. The lowest BCUT2D eigenvalue weighted by Gasteiger charge is -2.01. The van der Waals surface area contributed by atoms with Gasteiger partial charge in [0.25, 0.3) is 0 Å². The quantitative estimate of drug-likeness (QED) is 0.649. The van der Waals surface area contributed by atoms with E-state index in [9.17, 15) is 5.11 Å². The minimum absolute atomic E-state index is 0. The summed E-state index contributed by atoms with van der Waals surface area (Å²) in [6.07, 6.45) is 0. The number of aromatic hydroxyl groups is 1. The summed E-state index contributed by atoms with van der Waals surface area (Å²) in [5, 5.41) is 11.5. The van der Waals surface area contributed by atoms with Gasteiger partial charge in [-0.3, -0.25) is 0 Å². The van der Waals surface area contributed by atoms with Gasteiger partial charge in [-0.2, -0.15) is 0 Å². The van der Waals surface area contributed by atoms with Gasteiger partial charge in [-0.1, -0.05) is 12.1 Å². The second kappa shape index (κ2) is 5.70. The van der Waals surface area contributed by atoms with Crippen molar-refractivity contribution in [2.24, 2.45) is 10.7 Å². The third-order valence-electron chi connectivity index (χ3n) is 2.22. The maximum absolute atomic E-state index is 9.54. The fourth-order valence-corrected chi connectivity index (χ4v) is 1.91. The van der Waals surface area contributed by atoms with Crippen molar-refractivity contribution in [3.63, 3.8) is 0 Å². The normalized spacial score (nSPS) is 11.0. The lowest BCUT2D eigenvalue weighted by Crippen LogP contribution is -2.10. The summed E-state index contributed by atoms with van der Waals surface area (Å²) in [5.74, 6) is 0.707. The van der Waals surface area contributed by atoms with E-state index in [4.69, 9.17) is 5.73 Å². The zero-order chi connectivity index (χ0) is 11.5. The number of aryl methyl sites for hydroxylation is 1. The van der Waals surface area contributed by atoms with Crippen molar-refractivity contribution in [1.82, 2.24) is 0 Å². The van der Waals surface area contributed by atoms with Crippen LogP contribution in [-0.4, -0.2) is 10.9 Å². The summed E-state index contributed by atoms with van der Waals surface area (Å²) >= 11 is 1.54. The summed E-state index contributed by atoms with van der Waals surface area (Å²) < 4.78 is 0. The SMILES string of the molecule is Cc1ccc(N=C(N)c2cccs2)cc1O.Cl. The zero-order valence-electron chi connectivity index (χ0n) is 9.25. The van der Waals surface area contributed by atoms with E-state index < -0.39 is 0 Å². The highest BCUT2D eigenvalue weighted by Crippen LogP contribution is 2.23. The molecule has 0 aliphatic rings. The summed E-state index contributed by atoms with van der Waals surface area (Å²) in [6.45, 7) is 1.84. The van der Waals surface area contributed by atoms with E-state index in [0.29, 0.717) is 11.5 Å². The van der Waals surface area contributed by atoms with E-state index in [2.05, 4.69) is 4.99 Å². The van der Waals surface area contributed by atoms with Crippen LogP contribution >= 0.6 is 23.7 Å². The van der Waals surface area contributed by atoms with Crippen LogP contribution in [-0.2, 0) is 0 Å². The first-order valence-electron chi connectivity index (χ1n) is 4.84. The lowest BCUT2D eigenvalue weighted by molar-refractivity contribution is 0.471. The molecule has 3 N–H and O–H groups in total. The van der Waals surface area contributed by atoms with E-state index in [1.807, 2.05) is 36.6 Å². The van der Waals surface area contributed by atoms with Gasteiger partial charge in [-0.15, -0.1) is 23.7 Å². The van der Waals surface area contributed by atoms with Gasteiger partial charge in [0.05, 0.1) is 10.6 Å². The molecule has 1 aromatic carbocycles. The van der Waals surface area contributed by atoms with Crippen molar-refractivity contribution >= 4 is 35.3 Å². The van der Waals surface area contributed by atoms with Crippen molar-refractivity contribution in [3.8, 4) is 5.75 Å². The second-order valence-corrected chi connectivity index (χ2v) is 4.39. The molecule has 5 heteroatoms. The number of hydrogen-bond donors (Lipinski definition) is 2. The van der Waals surface area contributed by atoms with Crippen molar-refractivity contribution in [2.45, 2.75) is 6.92 Å². The molecule has 1 heterocycles. The molecule has 0 aliphatic heterocycles. The molecule has 0 amide bonds. The largest absolute Gasteiger partial charge is 0.508 e. The van der Waals surface area contributed by atoms with E-state index in [1.165, 1.54) is 11.3 Å². The van der Waals surface area contributed by atoms with Crippen molar-refractivity contribution in [3.05, 3.63) is 46.2 Å². The molecule has 0 unspecified atom stereocenters. The summed E-state index contributed by atoms with van der Waals surface area (Å²) in [6, 6.07) is 9.09. The Balaban J connectivity index is 0.00000144. The molecular weight excluding hydrogens is 256 g/mol. The number of hydrogen-bond acceptors (Lipinski definition) is 3. The number of rotatable bonds is 2. The molecular formula is C12H13ClN2OS. The topological polar surface area (TPSA) is 58.6 Å². The summed E-state index contributed by atoms with van der Waals surface area (Å²) in [5.41, 5.74) is 7.33. The predicted octanol–water partition coefficient (Wildman–Crippen LogP) is 3.22. The Bertz CT molecular complexity index is 523. The molecule has 90 valence electrons. The molecule has 2 rings (SSSR count). The molecule has 2 aromatic rings. The number of nitrogens with zero attached hydrogens (tertiary/aromatic N) is 1. The zero-order valence-corrected chi connectivity index (χ0v) is 10.9. The average molecular weight is 269 g/mol. The smallest absolute Gasteiger partial charge is 0.141 e. The van der Waals surface area contributed by atoms with Crippen LogP contribution in [0.25, 0.3) is 0 Å². The van der Waals surface area contributed by atoms with E-state index in [-0.39, 0.29) is 18.2 Å². The summed E-state index contributed by atoms with van der Waals surface area (Å²) in [4.78, 5) is 5.18. The number of aliphatic imine (C=N–C) groups is 1. The standard InChI is InChI=1S/C12H12N2OS.ClH/c1-8-4-5-9(7-10(8)15)14-12(13)11-3-2-6-16-11;/h2-7,15H,1H3,(H2,13,14);1H. The number of halogens is 1. The monoisotopic (exact) mass is 268 g/mol. The van der Waals surface area contributed by atoms with Crippen LogP contribution < -0.4 is 5.73 Å². The molecule has 0 saturated heterocycles. The average Bonchev–Trinajstić information content (AvgIpc) is 2.77. The highest BCUT2D eigenvalue weighted by atomic mass is 35.5. The molecule has 0 radical (unpaired) electrons. The van der Waals surface area contributed by atoms with Gasteiger partial charge in [-0.25, -0.2) is 4.99 Å². The molecule has 0 spiro atoms. The maximum atomic E-state index is 9.54. The van der Waals surface area contributed by atoms with Crippen LogP contribution in [0.5, 0.6) is 5.75 Å². The third kappa shape index (κ3) is 3.22. The van der Waals surface area contributed by atoms with Crippen LogP contribution in [0.3, 0.4) is 0 Å². The Morgan fingerprint density at radius 3 is 2.71 bits per heavy atom. The van der Waals surface area contributed by atoms with Crippen LogP contribution in [0.2, 0.25) is 0 Å². The maximum Gasteiger partial charge on any atom is 0.141 e. The Labute approximate surface area is 110 Å². The first kappa shape index (κ1) is 13.5. The van der Waals surface area contributed by atoms with Crippen molar-refractivity contribution < 1.29 is 5.11 Å². The Hall–Kier alpha value is -1.52. The predicted molar refractivity (Wildman–Crippen MR) is 74.8 cm³/mol. The van der Waals surface area contributed by atoms with Gasteiger partial charge in [0.1, 0.15) is 11.6 Å². The van der Waals surface area contributed by atoms with Gasteiger partial charge in [-0.05, 0) is 30.0 Å². The van der Waals surface area contributed by atoms with E-state index in [1.54, 1.807) is 6.07 Å². The molecule has 3 nitrogen and oxygen atoms in total. The molecule has 17 heavy (non-hydrogen) atoms. The Kier molecular flexibility index (Phi) is 4.54. The first-order chi connectivity index (χ1) is 7.66. The minimum atomic E-state index is 0. The van der Waals surface area contributed by atoms with Crippen LogP contribution in [0.15, 0.2) is 40.7 Å². The van der Waals surface area contributed by atoms with Gasteiger partial charge < -0.3 is 10.8 Å². The van der Waals surface area contributed by atoms with Gasteiger partial charge in [0.2, 0.25) is 0 Å². The highest BCUT2D eigenvalue weighted by Gasteiger charge is 2.01. The fourth-order valence-electron chi connectivity index (χ4n) is 1.29. The third-order valence-corrected chi connectivity index (χ3v) is 3.11. The Morgan fingerprint density at radius 2 is 2.12 bits per heavy atom. The van der Waals surface area contributed by atoms with E-state index in [0.717, 1.165) is 10.4 Å².